The SMILES string of the molecule is CCSC1CCCC1NCc1ccc(Br)c([N+](=O)[O-])c1. The average molecular weight is 359 g/mol. The highest BCUT2D eigenvalue weighted by Crippen LogP contribution is 2.30. The van der Waals surface area contributed by atoms with Gasteiger partial charge in [0.2, 0.25) is 0 Å². The molecular formula is C14H19BrN2O2S. The molecule has 0 amide bonds. The van der Waals surface area contributed by atoms with Gasteiger partial charge in [-0.15, -0.1) is 0 Å². The van der Waals surface area contributed by atoms with Gasteiger partial charge in [0.1, 0.15) is 0 Å². The number of halogens is 1. The minimum atomic E-state index is -0.348. The standard InChI is InChI=1S/C14H19BrN2O2S/c1-2-20-14-5-3-4-12(14)16-9-10-6-7-11(15)13(8-10)17(18)19/h6-8,12,14,16H,2-5,9H2,1H3. The number of nitro groups is 1. The van der Waals surface area contributed by atoms with Crippen molar-refractivity contribution < 1.29 is 4.92 Å². The summed E-state index contributed by atoms with van der Waals surface area (Å²) in [6.45, 7) is 2.89. The molecule has 1 aromatic carbocycles. The van der Waals surface area contributed by atoms with Crippen LogP contribution in [0.5, 0.6) is 0 Å². The summed E-state index contributed by atoms with van der Waals surface area (Å²) in [4.78, 5) is 10.6. The van der Waals surface area contributed by atoms with Crippen LogP contribution in [0.4, 0.5) is 5.69 Å². The van der Waals surface area contributed by atoms with Crippen LogP contribution >= 0.6 is 27.7 Å². The van der Waals surface area contributed by atoms with Crippen molar-refractivity contribution in [1.29, 1.82) is 0 Å². The van der Waals surface area contributed by atoms with Crippen LogP contribution in [0.1, 0.15) is 31.7 Å². The van der Waals surface area contributed by atoms with Crippen LogP contribution in [0, 0.1) is 10.1 Å². The van der Waals surface area contributed by atoms with Gasteiger partial charge in [-0.1, -0.05) is 19.4 Å². The summed E-state index contributed by atoms with van der Waals surface area (Å²) in [5, 5.41) is 15.2. The lowest BCUT2D eigenvalue weighted by Gasteiger charge is -2.20. The van der Waals surface area contributed by atoms with E-state index in [9.17, 15) is 10.1 Å². The quantitative estimate of drug-likeness (QED) is 0.613. The molecule has 110 valence electrons. The molecule has 4 nitrogen and oxygen atoms in total. The Labute approximate surface area is 132 Å². The van der Waals surface area contributed by atoms with Crippen molar-refractivity contribution in [2.75, 3.05) is 5.75 Å². The Kier molecular flexibility index (Phi) is 5.86. The Morgan fingerprint density at radius 1 is 1.50 bits per heavy atom. The lowest BCUT2D eigenvalue weighted by Crippen LogP contribution is -2.33. The van der Waals surface area contributed by atoms with Crippen LogP contribution in [0.25, 0.3) is 0 Å². The first-order valence-electron chi connectivity index (χ1n) is 6.89. The van der Waals surface area contributed by atoms with Crippen LogP contribution in [-0.4, -0.2) is 22.0 Å². The fraction of sp³-hybridized carbons (Fsp3) is 0.571. The van der Waals surface area contributed by atoms with E-state index >= 15 is 0 Å². The molecule has 2 atom stereocenters. The number of nitrogens with zero attached hydrogens (tertiary/aromatic N) is 1. The highest BCUT2D eigenvalue weighted by atomic mass is 79.9. The molecule has 2 unspecified atom stereocenters. The molecule has 1 N–H and O–H groups in total. The van der Waals surface area contributed by atoms with Crippen molar-refractivity contribution in [2.24, 2.45) is 0 Å². The van der Waals surface area contributed by atoms with Crippen LogP contribution in [0.15, 0.2) is 22.7 Å². The zero-order valence-corrected chi connectivity index (χ0v) is 13.9. The van der Waals surface area contributed by atoms with E-state index in [0.717, 1.165) is 11.3 Å². The maximum atomic E-state index is 10.9. The summed E-state index contributed by atoms with van der Waals surface area (Å²) in [5.74, 6) is 1.15. The van der Waals surface area contributed by atoms with E-state index < -0.39 is 0 Å². The van der Waals surface area contributed by atoms with E-state index in [1.807, 2.05) is 17.8 Å². The first-order valence-corrected chi connectivity index (χ1v) is 8.73. The molecule has 0 radical (unpaired) electrons. The fourth-order valence-electron chi connectivity index (χ4n) is 2.63. The van der Waals surface area contributed by atoms with E-state index in [2.05, 4.69) is 28.2 Å². The molecule has 2 rings (SSSR count). The van der Waals surface area contributed by atoms with Crippen molar-refractivity contribution >= 4 is 33.4 Å². The molecule has 0 saturated heterocycles. The molecule has 0 aliphatic heterocycles. The molecule has 0 bridgehead atoms. The number of thioether (sulfide) groups is 1. The number of hydrogen-bond acceptors (Lipinski definition) is 4. The first kappa shape index (κ1) is 15.8. The molecular weight excluding hydrogens is 340 g/mol. The minimum Gasteiger partial charge on any atom is -0.309 e. The van der Waals surface area contributed by atoms with E-state index in [-0.39, 0.29) is 10.6 Å². The first-order chi connectivity index (χ1) is 9.61. The molecule has 0 spiro atoms. The Hall–Kier alpha value is -0.590. The number of benzene rings is 1. The van der Waals surface area contributed by atoms with Crippen molar-refractivity contribution in [1.82, 2.24) is 5.32 Å². The molecule has 6 heteroatoms. The summed E-state index contributed by atoms with van der Waals surface area (Å²) >= 11 is 5.23. The summed E-state index contributed by atoms with van der Waals surface area (Å²) in [6, 6.07) is 5.86. The van der Waals surface area contributed by atoms with E-state index in [0.29, 0.717) is 22.3 Å². The summed E-state index contributed by atoms with van der Waals surface area (Å²) in [6.07, 6.45) is 3.75. The third-order valence-corrected chi connectivity index (χ3v) is 5.61. The molecule has 1 aliphatic rings. The molecule has 1 saturated carbocycles. The number of nitro benzene ring substituents is 1. The van der Waals surface area contributed by atoms with Gasteiger partial charge in [0.05, 0.1) is 9.40 Å². The summed E-state index contributed by atoms with van der Waals surface area (Å²) in [7, 11) is 0. The van der Waals surface area contributed by atoms with Crippen molar-refractivity contribution in [3.05, 3.63) is 38.3 Å². The summed E-state index contributed by atoms with van der Waals surface area (Å²) in [5.41, 5.74) is 1.10. The lowest BCUT2D eigenvalue weighted by atomic mass is 10.1. The Balaban J connectivity index is 1.97. The van der Waals surface area contributed by atoms with Crippen LogP contribution < -0.4 is 5.32 Å². The van der Waals surface area contributed by atoms with Gasteiger partial charge in [-0.25, -0.2) is 0 Å². The molecule has 20 heavy (non-hydrogen) atoms. The molecule has 1 fully saturated rings. The van der Waals surface area contributed by atoms with Crippen LogP contribution in [0.3, 0.4) is 0 Å². The van der Waals surface area contributed by atoms with E-state index in [1.54, 1.807) is 12.1 Å². The highest BCUT2D eigenvalue weighted by Gasteiger charge is 2.26. The van der Waals surface area contributed by atoms with Gasteiger partial charge >= 0.3 is 0 Å². The average Bonchev–Trinajstić information content (AvgIpc) is 2.85. The molecule has 1 aliphatic carbocycles. The van der Waals surface area contributed by atoms with E-state index in [4.69, 9.17) is 0 Å². The summed E-state index contributed by atoms with van der Waals surface area (Å²) < 4.78 is 0.534. The van der Waals surface area contributed by atoms with Gasteiger partial charge in [-0.3, -0.25) is 10.1 Å². The van der Waals surface area contributed by atoms with Gasteiger partial charge in [-0.05, 0) is 46.2 Å². The predicted octanol–water partition coefficient (Wildman–Crippen LogP) is 4.12. The molecule has 0 heterocycles. The highest BCUT2D eigenvalue weighted by molar-refractivity contribution is 9.10. The minimum absolute atomic E-state index is 0.134. The second kappa shape index (κ2) is 7.43. The van der Waals surface area contributed by atoms with Crippen LogP contribution in [-0.2, 0) is 6.54 Å². The maximum Gasteiger partial charge on any atom is 0.283 e. The normalized spacial score (nSPS) is 22.1. The smallest absolute Gasteiger partial charge is 0.283 e. The Morgan fingerprint density at radius 2 is 2.30 bits per heavy atom. The topological polar surface area (TPSA) is 55.2 Å². The van der Waals surface area contributed by atoms with Crippen molar-refractivity contribution in [3.8, 4) is 0 Å². The van der Waals surface area contributed by atoms with Gasteiger partial charge in [-0.2, -0.15) is 11.8 Å². The maximum absolute atomic E-state index is 10.9. The third-order valence-electron chi connectivity index (χ3n) is 3.61. The fourth-order valence-corrected chi connectivity index (χ4v) is 4.25. The Morgan fingerprint density at radius 3 is 3.00 bits per heavy atom. The monoisotopic (exact) mass is 358 g/mol. The van der Waals surface area contributed by atoms with Gasteiger partial charge in [0, 0.05) is 23.9 Å². The number of hydrogen-bond donors (Lipinski definition) is 1. The second-order valence-corrected chi connectivity index (χ2v) is 7.33. The van der Waals surface area contributed by atoms with Gasteiger partial charge in [0.25, 0.3) is 5.69 Å². The Bertz CT molecular complexity index is 484. The number of rotatable bonds is 6. The second-order valence-electron chi connectivity index (χ2n) is 4.95. The number of nitrogens with one attached hydrogen (secondary N) is 1. The van der Waals surface area contributed by atoms with Crippen molar-refractivity contribution in [3.63, 3.8) is 0 Å². The largest absolute Gasteiger partial charge is 0.309 e. The lowest BCUT2D eigenvalue weighted by molar-refractivity contribution is -0.385. The predicted molar refractivity (Wildman–Crippen MR) is 87.2 cm³/mol. The molecule has 1 aromatic rings. The van der Waals surface area contributed by atoms with Crippen molar-refractivity contribution in [2.45, 2.75) is 44.0 Å². The van der Waals surface area contributed by atoms with E-state index in [1.165, 1.54) is 19.3 Å². The zero-order valence-electron chi connectivity index (χ0n) is 11.5. The van der Waals surface area contributed by atoms with Crippen LogP contribution in [0.2, 0.25) is 0 Å². The molecule has 0 aromatic heterocycles. The third kappa shape index (κ3) is 3.96. The van der Waals surface area contributed by atoms with Gasteiger partial charge in [0.15, 0.2) is 0 Å². The zero-order chi connectivity index (χ0) is 14.5. The van der Waals surface area contributed by atoms with Gasteiger partial charge < -0.3 is 5.32 Å².